The summed E-state index contributed by atoms with van der Waals surface area (Å²) in [6.07, 6.45) is 4.43. The molecule has 1 unspecified atom stereocenters. The first-order valence-corrected chi connectivity index (χ1v) is 6.66. The normalized spacial score (nSPS) is 12.4. The summed E-state index contributed by atoms with van der Waals surface area (Å²) in [6.45, 7) is 3.79. The lowest BCUT2D eigenvalue weighted by atomic mass is 10.2. The fraction of sp³-hybridized carbons (Fsp3) is 0.700. The van der Waals surface area contributed by atoms with Gasteiger partial charge in [0, 0.05) is 6.42 Å². The SMILES string of the molecule is CCCCCc1nnc(NC(=O)C(C)Cl)s1. The predicted octanol–water partition coefficient (Wildman–Crippen LogP) is 2.84. The topological polar surface area (TPSA) is 54.9 Å². The molecule has 1 amide bonds. The van der Waals surface area contributed by atoms with Crippen molar-refractivity contribution in [3.05, 3.63) is 5.01 Å². The molecule has 1 N–H and O–H groups in total. The van der Waals surface area contributed by atoms with E-state index in [9.17, 15) is 4.79 Å². The van der Waals surface area contributed by atoms with Gasteiger partial charge < -0.3 is 0 Å². The van der Waals surface area contributed by atoms with Crippen LogP contribution in [-0.2, 0) is 11.2 Å². The van der Waals surface area contributed by atoms with E-state index in [4.69, 9.17) is 11.6 Å². The number of aryl methyl sites for hydroxylation is 1. The average Bonchev–Trinajstić information content (AvgIpc) is 2.66. The second-order valence-electron chi connectivity index (χ2n) is 3.56. The van der Waals surface area contributed by atoms with Gasteiger partial charge in [0.05, 0.1) is 0 Å². The highest BCUT2D eigenvalue weighted by Gasteiger charge is 2.12. The molecule has 1 rings (SSSR count). The lowest BCUT2D eigenvalue weighted by Gasteiger charge is -2.00. The third-order valence-electron chi connectivity index (χ3n) is 2.05. The number of hydrogen-bond donors (Lipinski definition) is 1. The first kappa shape index (κ1) is 13.4. The zero-order chi connectivity index (χ0) is 12.0. The second-order valence-corrected chi connectivity index (χ2v) is 5.28. The highest BCUT2D eigenvalue weighted by atomic mass is 35.5. The lowest BCUT2D eigenvalue weighted by molar-refractivity contribution is -0.115. The molecule has 0 bridgehead atoms. The molecule has 0 saturated heterocycles. The Morgan fingerprint density at radius 1 is 1.50 bits per heavy atom. The van der Waals surface area contributed by atoms with Crippen LogP contribution in [0.2, 0.25) is 0 Å². The van der Waals surface area contributed by atoms with Crippen LogP contribution in [0.3, 0.4) is 0 Å². The van der Waals surface area contributed by atoms with Crippen molar-refractivity contribution in [1.82, 2.24) is 10.2 Å². The Bertz CT molecular complexity index is 341. The monoisotopic (exact) mass is 261 g/mol. The number of aromatic nitrogens is 2. The number of nitrogens with one attached hydrogen (secondary N) is 1. The Morgan fingerprint density at radius 2 is 2.25 bits per heavy atom. The summed E-state index contributed by atoms with van der Waals surface area (Å²) >= 11 is 7.05. The van der Waals surface area contributed by atoms with Gasteiger partial charge in [-0.15, -0.1) is 21.8 Å². The Morgan fingerprint density at radius 3 is 2.88 bits per heavy atom. The van der Waals surface area contributed by atoms with Crippen LogP contribution in [-0.4, -0.2) is 21.5 Å². The molecule has 0 aliphatic rings. The average molecular weight is 262 g/mol. The first-order valence-electron chi connectivity index (χ1n) is 5.40. The lowest BCUT2D eigenvalue weighted by Crippen LogP contribution is -2.20. The van der Waals surface area contributed by atoms with Crippen LogP contribution in [0.15, 0.2) is 0 Å². The van der Waals surface area contributed by atoms with Gasteiger partial charge in [-0.3, -0.25) is 10.1 Å². The Balaban J connectivity index is 2.42. The van der Waals surface area contributed by atoms with Gasteiger partial charge in [0.2, 0.25) is 11.0 Å². The maximum Gasteiger partial charge on any atom is 0.243 e. The number of halogens is 1. The number of alkyl halides is 1. The predicted molar refractivity (Wildman–Crippen MR) is 67.1 cm³/mol. The van der Waals surface area contributed by atoms with Crippen molar-refractivity contribution in [3.63, 3.8) is 0 Å². The van der Waals surface area contributed by atoms with Crippen molar-refractivity contribution in [2.75, 3.05) is 5.32 Å². The third-order valence-corrected chi connectivity index (χ3v) is 3.15. The van der Waals surface area contributed by atoms with Gasteiger partial charge in [-0.05, 0) is 13.3 Å². The molecule has 0 radical (unpaired) electrons. The van der Waals surface area contributed by atoms with E-state index >= 15 is 0 Å². The van der Waals surface area contributed by atoms with E-state index in [-0.39, 0.29) is 5.91 Å². The highest BCUT2D eigenvalue weighted by Crippen LogP contribution is 2.17. The Hall–Kier alpha value is -0.680. The molecule has 0 saturated carbocycles. The van der Waals surface area contributed by atoms with Crippen molar-refractivity contribution in [3.8, 4) is 0 Å². The number of carbonyl (C=O) groups excluding carboxylic acids is 1. The number of unbranched alkanes of at least 4 members (excludes halogenated alkanes) is 2. The maximum atomic E-state index is 11.3. The summed E-state index contributed by atoms with van der Waals surface area (Å²) in [7, 11) is 0. The molecule has 0 fully saturated rings. The number of anilines is 1. The minimum atomic E-state index is -0.549. The zero-order valence-corrected chi connectivity index (χ0v) is 11.1. The molecule has 0 aromatic carbocycles. The van der Waals surface area contributed by atoms with Crippen molar-refractivity contribution in [2.24, 2.45) is 0 Å². The minimum absolute atomic E-state index is 0.238. The van der Waals surface area contributed by atoms with E-state index in [0.717, 1.165) is 17.8 Å². The van der Waals surface area contributed by atoms with E-state index in [2.05, 4.69) is 22.4 Å². The maximum absolute atomic E-state index is 11.3. The first-order chi connectivity index (χ1) is 7.63. The summed E-state index contributed by atoms with van der Waals surface area (Å²) < 4.78 is 0. The Labute approximate surface area is 104 Å². The molecule has 0 spiro atoms. The van der Waals surface area contributed by atoms with Crippen LogP contribution in [0, 0.1) is 0 Å². The van der Waals surface area contributed by atoms with Crippen molar-refractivity contribution in [1.29, 1.82) is 0 Å². The van der Waals surface area contributed by atoms with Gasteiger partial charge in [-0.2, -0.15) is 0 Å². The quantitative estimate of drug-likeness (QED) is 0.633. The number of rotatable bonds is 6. The van der Waals surface area contributed by atoms with Crippen molar-refractivity contribution < 1.29 is 4.79 Å². The summed E-state index contributed by atoms with van der Waals surface area (Å²) in [5, 5.41) is 11.5. The van der Waals surface area contributed by atoms with E-state index < -0.39 is 5.38 Å². The van der Waals surface area contributed by atoms with Crippen LogP contribution in [0.4, 0.5) is 5.13 Å². The van der Waals surface area contributed by atoms with Gasteiger partial charge in [0.15, 0.2) is 0 Å². The molecule has 16 heavy (non-hydrogen) atoms. The second kappa shape index (κ2) is 6.81. The number of hydrogen-bond acceptors (Lipinski definition) is 4. The molecule has 1 heterocycles. The Kier molecular flexibility index (Phi) is 5.69. The molecule has 6 heteroatoms. The zero-order valence-electron chi connectivity index (χ0n) is 9.49. The molecule has 90 valence electrons. The van der Waals surface area contributed by atoms with E-state index in [0.29, 0.717) is 5.13 Å². The molecular weight excluding hydrogens is 246 g/mol. The van der Waals surface area contributed by atoms with E-state index in [1.165, 1.54) is 24.2 Å². The summed E-state index contributed by atoms with van der Waals surface area (Å²) in [5.74, 6) is -0.238. The molecule has 0 aliphatic heterocycles. The van der Waals surface area contributed by atoms with Gasteiger partial charge in [-0.25, -0.2) is 0 Å². The molecule has 1 aromatic rings. The van der Waals surface area contributed by atoms with Gasteiger partial charge in [-0.1, -0.05) is 31.1 Å². The molecule has 4 nitrogen and oxygen atoms in total. The largest absolute Gasteiger partial charge is 0.299 e. The fourth-order valence-corrected chi connectivity index (χ4v) is 1.98. The van der Waals surface area contributed by atoms with Crippen LogP contribution < -0.4 is 5.32 Å². The van der Waals surface area contributed by atoms with Crippen LogP contribution in [0.1, 0.15) is 38.1 Å². The summed E-state index contributed by atoms with van der Waals surface area (Å²) in [4.78, 5) is 11.3. The fourth-order valence-electron chi connectivity index (χ4n) is 1.14. The number of carbonyl (C=O) groups is 1. The van der Waals surface area contributed by atoms with Crippen LogP contribution >= 0.6 is 22.9 Å². The summed E-state index contributed by atoms with van der Waals surface area (Å²) in [6, 6.07) is 0. The number of amides is 1. The smallest absolute Gasteiger partial charge is 0.243 e. The van der Waals surface area contributed by atoms with Crippen LogP contribution in [0.25, 0.3) is 0 Å². The van der Waals surface area contributed by atoms with Crippen molar-refractivity contribution in [2.45, 2.75) is 44.9 Å². The minimum Gasteiger partial charge on any atom is -0.299 e. The molecular formula is C10H16ClN3OS. The highest BCUT2D eigenvalue weighted by molar-refractivity contribution is 7.15. The third kappa shape index (κ3) is 4.45. The van der Waals surface area contributed by atoms with Crippen molar-refractivity contribution >= 4 is 34.0 Å². The van der Waals surface area contributed by atoms with E-state index in [1.54, 1.807) is 6.92 Å². The van der Waals surface area contributed by atoms with Gasteiger partial charge in [0.1, 0.15) is 10.4 Å². The van der Waals surface area contributed by atoms with Gasteiger partial charge >= 0.3 is 0 Å². The summed E-state index contributed by atoms with van der Waals surface area (Å²) in [5.41, 5.74) is 0. The molecule has 1 atom stereocenters. The van der Waals surface area contributed by atoms with Gasteiger partial charge in [0.25, 0.3) is 0 Å². The van der Waals surface area contributed by atoms with Crippen LogP contribution in [0.5, 0.6) is 0 Å². The number of nitrogens with zero attached hydrogens (tertiary/aromatic N) is 2. The molecule has 1 aromatic heterocycles. The standard InChI is InChI=1S/C10H16ClN3OS/c1-3-4-5-6-8-13-14-10(16-8)12-9(15)7(2)11/h7H,3-6H2,1-2H3,(H,12,14,15). The molecule has 0 aliphatic carbocycles. The van der Waals surface area contributed by atoms with E-state index in [1.807, 2.05) is 0 Å².